The summed E-state index contributed by atoms with van der Waals surface area (Å²) in [6.07, 6.45) is 3.24. The Bertz CT molecular complexity index is 678. The molecule has 0 aliphatic carbocycles. The average molecular weight is 344 g/mol. The van der Waals surface area contributed by atoms with Gasteiger partial charge in [0.2, 0.25) is 5.91 Å². The molecule has 0 fully saturated rings. The van der Waals surface area contributed by atoms with Crippen molar-refractivity contribution in [2.24, 2.45) is 11.8 Å². The predicted molar refractivity (Wildman–Crippen MR) is 99.0 cm³/mol. The zero-order valence-corrected chi connectivity index (χ0v) is 15.5. The van der Waals surface area contributed by atoms with Crippen LogP contribution >= 0.6 is 0 Å². The lowest BCUT2D eigenvalue weighted by Gasteiger charge is -2.27. The fourth-order valence-electron chi connectivity index (χ4n) is 2.84. The average Bonchev–Trinajstić information content (AvgIpc) is 2.64. The van der Waals surface area contributed by atoms with E-state index in [0.29, 0.717) is 19.8 Å². The second-order valence-electron chi connectivity index (χ2n) is 6.16. The largest absolute Gasteiger partial charge is 0.353 e. The van der Waals surface area contributed by atoms with Gasteiger partial charge in [0.1, 0.15) is 0 Å². The van der Waals surface area contributed by atoms with Crippen molar-refractivity contribution in [3.05, 3.63) is 42.2 Å². The standard InChI is InChI=1S/C20H28N2O3/c1-5-24-20(25-6-2)15(4)14(3)19(23)22-13-17-9-7-8-16-12-21-11-10-18(16)17/h7-12,14-15,20H,5-6,13H2,1-4H3,(H,22,23)/t14?,15-/m0/s1. The molecule has 1 amide bonds. The summed E-state index contributed by atoms with van der Waals surface area (Å²) in [5, 5.41) is 5.22. The Kier molecular flexibility index (Phi) is 7.34. The minimum atomic E-state index is -0.362. The molecule has 5 heteroatoms. The van der Waals surface area contributed by atoms with Gasteiger partial charge in [-0.2, -0.15) is 0 Å². The van der Waals surface area contributed by atoms with Crippen LogP contribution in [-0.2, 0) is 20.8 Å². The maximum absolute atomic E-state index is 12.6. The molecule has 0 aliphatic rings. The van der Waals surface area contributed by atoms with Crippen molar-refractivity contribution in [1.82, 2.24) is 10.3 Å². The Morgan fingerprint density at radius 3 is 2.56 bits per heavy atom. The normalized spacial score (nSPS) is 13.8. The Morgan fingerprint density at radius 1 is 1.16 bits per heavy atom. The number of hydrogen-bond acceptors (Lipinski definition) is 4. The summed E-state index contributed by atoms with van der Waals surface area (Å²) in [5.41, 5.74) is 1.08. The summed E-state index contributed by atoms with van der Waals surface area (Å²) >= 11 is 0. The molecule has 1 aromatic carbocycles. The van der Waals surface area contributed by atoms with E-state index in [-0.39, 0.29) is 24.0 Å². The second-order valence-corrected chi connectivity index (χ2v) is 6.16. The molecule has 136 valence electrons. The number of amides is 1. The molecular weight excluding hydrogens is 316 g/mol. The maximum atomic E-state index is 12.6. The molecule has 1 heterocycles. The van der Waals surface area contributed by atoms with E-state index in [1.165, 1.54) is 0 Å². The lowest BCUT2D eigenvalue weighted by Crippen LogP contribution is -2.38. The molecule has 2 rings (SSSR count). The molecule has 1 unspecified atom stereocenters. The van der Waals surface area contributed by atoms with Gasteiger partial charge in [0.25, 0.3) is 0 Å². The lowest BCUT2D eigenvalue weighted by atomic mass is 9.94. The molecule has 0 saturated heterocycles. The first-order chi connectivity index (χ1) is 12.1. The van der Waals surface area contributed by atoms with Crippen LogP contribution in [-0.4, -0.2) is 30.4 Å². The monoisotopic (exact) mass is 344 g/mol. The van der Waals surface area contributed by atoms with Crippen molar-refractivity contribution < 1.29 is 14.3 Å². The SMILES string of the molecule is CCOC(OCC)[C@@H](C)C(C)C(=O)NCc1cccc2cnccc12. The Balaban J connectivity index is 2.00. The van der Waals surface area contributed by atoms with E-state index >= 15 is 0 Å². The van der Waals surface area contributed by atoms with Gasteiger partial charge in [-0.15, -0.1) is 0 Å². The van der Waals surface area contributed by atoms with Gasteiger partial charge in [-0.1, -0.05) is 32.0 Å². The minimum absolute atomic E-state index is 0.00275. The van der Waals surface area contributed by atoms with E-state index in [1.54, 1.807) is 6.20 Å². The molecule has 0 spiro atoms. The van der Waals surface area contributed by atoms with Crippen LogP contribution in [0, 0.1) is 11.8 Å². The highest BCUT2D eigenvalue weighted by molar-refractivity contribution is 5.85. The van der Waals surface area contributed by atoms with Crippen molar-refractivity contribution in [1.29, 1.82) is 0 Å². The van der Waals surface area contributed by atoms with Crippen molar-refractivity contribution in [2.45, 2.75) is 40.5 Å². The zero-order chi connectivity index (χ0) is 18.2. The Morgan fingerprint density at radius 2 is 1.88 bits per heavy atom. The van der Waals surface area contributed by atoms with Crippen LogP contribution in [0.2, 0.25) is 0 Å². The first-order valence-electron chi connectivity index (χ1n) is 8.91. The number of fused-ring (bicyclic) bond motifs is 1. The van der Waals surface area contributed by atoms with Gasteiger partial charge in [0, 0.05) is 49.4 Å². The lowest BCUT2D eigenvalue weighted by molar-refractivity contribution is -0.175. The molecule has 2 atom stereocenters. The molecule has 2 aromatic rings. The van der Waals surface area contributed by atoms with E-state index in [9.17, 15) is 4.79 Å². The van der Waals surface area contributed by atoms with E-state index in [4.69, 9.17) is 9.47 Å². The van der Waals surface area contributed by atoms with Crippen molar-refractivity contribution in [2.75, 3.05) is 13.2 Å². The fraction of sp³-hybridized carbons (Fsp3) is 0.500. The minimum Gasteiger partial charge on any atom is -0.353 e. The summed E-state index contributed by atoms with van der Waals surface area (Å²) in [5.74, 6) is -0.237. The summed E-state index contributed by atoms with van der Waals surface area (Å²) in [6.45, 7) is 9.38. The molecule has 0 bridgehead atoms. The van der Waals surface area contributed by atoms with Gasteiger partial charge in [-0.25, -0.2) is 0 Å². The Labute approximate surface area is 149 Å². The first kappa shape index (κ1) is 19.3. The van der Waals surface area contributed by atoms with Crippen molar-refractivity contribution in [3.63, 3.8) is 0 Å². The van der Waals surface area contributed by atoms with E-state index in [0.717, 1.165) is 16.3 Å². The number of pyridine rings is 1. The van der Waals surface area contributed by atoms with Crippen molar-refractivity contribution in [3.8, 4) is 0 Å². The summed E-state index contributed by atoms with van der Waals surface area (Å²) in [4.78, 5) is 16.7. The van der Waals surface area contributed by atoms with Crippen LogP contribution in [0.25, 0.3) is 10.8 Å². The third kappa shape index (κ3) is 5.00. The zero-order valence-electron chi connectivity index (χ0n) is 15.5. The molecule has 0 radical (unpaired) electrons. The van der Waals surface area contributed by atoms with Gasteiger partial charge < -0.3 is 14.8 Å². The summed E-state index contributed by atoms with van der Waals surface area (Å²) in [6, 6.07) is 8.01. The number of benzene rings is 1. The molecule has 1 aromatic heterocycles. The van der Waals surface area contributed by atoms with Crippen LogP contribution in [0.1, 0.15) is 33.3 Å². The van der Waals surface area contributed by atoms with Gasteiger partial charge in [0.05, 0.1) is 0 Å². The quantitative estimate of drug-likeness (QED) is 0.707. The van der Waals surface area contributed by atoms with Gasteiger partial charge in [0.15, 0.2) is 6.29 Å². The van der Waals surface area contributed by atoms with E-state index < -0.39 is 0 Å². The number of carbonyl (C=O) groups is 1. The van der Waals surface area contributed by atoms with Crippen LogP contribution in [0.3, 0.4) is 0 Å². The summed E-state index contributed by atoms with van der Waals surface area (Å²) in [7, 11) is 0. The number of hydrogen-bond donors (Lipinski definition) is 1. The first-order valence-corrected chi connectivity index (χ1v) is 8.91. The molecule has 0 aliphatic heterocycles. The van der Waals surface area contributed by atoms with E-state index in [2.05, 4.69) is 10.3 Å². The number of aromatic nitrogens is 1. The molecule has 25 heavy (non-hydrogen) atoms. The maximum Gasteiger partial charge on any atom is 0.223 e. The number of rotatable bonds is 9. The third-order valence-electron chi connectivity index (χ3n) is 4.52. The van der Waals surface area contributed by atoms with E-state index in [1.807, 2.05) is 58.2 Å². The topological polar surface area (TPSA) is 60.5 Å². The van der Waals surface area contributed by atoms with Gasteiger partial charge in [-0.05, 0) is 30.9 Å². The van der Waals surface area contributed by atoms with Crippen LogP contribution in [0.4, 0.5) is 0 Å². The van der Waals surface area contributed by atoms with Gasteiger partial charge >= 0.3 is 0 Å². The van der Waals surface area contributed by atoms with Gasteiger partial charge in [-0.3, -0.25) is 9.78 Å². The number of carbonyl (C=O) groups excluding carboxylic acids is 1. The highest BCUT2D eigenvalue weighted by atomic mass is 16.7. The number of nitrogens with zero attached hydrogens (tertiary/aromatic N) is 1. The highest BCUT2D eigenvalue weighted by Gasteiger charge is 2.28. The predicted octanol–water partition coefficient (Wildman–Crippen LogP) is 3.52. The third-order valence-corrected chi connectivity index (χ3v) is 4.52. The molecular formula is C20H28N2O3. The molecule has 0 saturated carbocycles. The molecule has 1 N–H and O–H groups in total. The summed E-state index contributed by atoms with van der Waals surface area (Å²) < 4.78 is 11.3. The van der Waals surface area contributed by atoms with Crippen LogP contribution < -0.4 is 5.32 Å². The number of ether oxygens (including phenoxy) is 2. The number of nitrogens with one attached hydrogen (secondary N) is 1. The Hall–Kier alpha value is -1.98. The van der Waals surface area contributed by atoms with Crippen LogP contribution in [0.5, 0.6) is 0 Å². The molecule has 5 nitrogen and oxygen atoms in total. The van der Waals surface area contributed by atoms with Crippen LogP contribution in [0.15, 0.2) is 36.7 Å². The highest BCUT2D eigenvalue weighted by Crippen LogP contribution is 2.21. The smallest absolute Gasteiger partial charge is 0.223 e. The van der Waals surface area contributed by atoms with Crippen molar-refractivity contribution >= 4 is 16.7 Å². The fourth-order valence-corrected chi connectivity index (χ4v) is 2.84. The second kappa shape index (κ2) is 9.49.